The third-order valence-corrected chi connectivity index (χ3v) is 3.07. The van der Waals surface area contributed by atoms with E-state index in [1.54, 1.807) is 0 Å². The topological polar surface area (TPSA) is 21.6 Å². The van der Waals surface area contributed by atoms with E-state index >= 15 is 0 Å². The van der Waals surface area contributed by atoms with Crippen LogP contribution in [0.25, 0.3) is 0 Å². The summed E-state index contributed by atoms with van der Waals surface area (Å²) in [7, 11) is 0. The van der Waals surface area contributed by atoms with E-state index in [0.29, 0.717) is 0 Å². The molecular formula is C17H17NOS. The van der Waals surface area contributed by atoms with Crippen molar-refractivity contribution in [3.63, 3.8) is 0 Å². The molecule has 0 saturated carbocycles. The Morgan fingerprint density at radius 3 is 2.40 bits per heavy atom. The van der Waals surface area contributed by atoms with Gasteiger partial charge < -0.3 is 4.74 Å². The standard InChI is InChI=1S/C17H17NOS/c20-14-18-16-9-11-17(12-10-16)19-13-5-4-8-15-6-2-1-3-7-15/h1-3,6-7,9-12H,4-5,8,13H2. The molecule has 2 nitrogen and oxygen atoms in total. The normalized spacial score (nSPS) is 9.80. The first-order chi connectivity index (χ1) is 9.88. The molecule has 0 aromatic heterocycles. The third kappa shape index (κ3) is 4.96. The molecule has 0 radical (unpaired) electrons. The molecule has 0 unspecified atom stereocenters. The second-order valence-electron chi connectivity index (χ2n) is 4.49. The number of aryl methyl sites for hydroxylation is 1. The van der Waals surface area contributed by atoms with Gasteiger partial charge in [0.15, 0.2) is 0 Å². The Bertz CT molecular complexity index is 559. The molecule has 0 aliphatic rings. The first-order valence-corrected chi connectivity index (χ1v) is 7.14. The Kier molecular flexibility index (Phi) is 5.97. The molecule has 0 fully saturated rings. The van der Waals surface area contributed by atoms with Crippen LogP contribution in [0.15, 0.2) is 59.6 Å². The van der Waals surface area contributed by atoms with Crippen molar-refractivity contribution in [3.05, 3.63) is 60.2 Å². The molecule has 0 spiro atoms. The lowest BCUT2D eigenvalue weighted by atomic mass is 10.1. The lowest BCUT2D eigenvalue weighted by Gasteiger charge is -2.06. The number of hydrogen-bond donors (Lipinski definition) is 0. The number of hydrogen-bond acceptors (Lipinski definition) is 3. The van der Waals surface area contributed by atoms with Crippen LogP contribution >= 0.6 is 12.2 Å². The molecule has 102 valence electrons. The summed E-state index contributed by atoms with van der Waals surface area (Å²) >= 11 is 4.56. The minimum atomic E-state index is 0.739. The predicted molar refractivity (Wildman–Crippen MR) is 86.0 cm³/mol. The van der Waals surface area contributed by atoms with E-state index in [0.717, 1.165) is 37.3 Å². The summed E-state index contributed by atoms with van der Waals surface area (Å²) in [5.41, 5.74) is 2.19. The van der Waals surface area contributed by atoms with Gasteiger partial charge in [0, 0.05) is 0 Å². The number of ether oxygens (including phenoxy) is 1. The van der Waals surface area contributed by atoms with Gasteiger partial charge in [0.2, 0.25) is 0 Å². The Labute approximate surface area is 125 Å². The lowest BCUT2D eigenvalue weighted by Crippen LogP contribution is -1.98. The quantitative estimate of drug-likeness (QED) is 0.412. The average Bonchev–Trinajstić information content (AvgIpc) is 2.50. The van der Waals surface area contributed by atoms with Crippen molar-refractivity contribution in [2.45, 2.75) is 19.3 Å². The third-order valence-electron chi connectivity index (χ3n) is 2.98. The maximum Gasteiger partial charge on any atom is 0.119 e. The van der Waals surface area contributed by atoms with Gasteiger partial charge >= 0.3 is 0 Å². The van der Waals surface area contributed by atoms with Crippen LogP contribution in [0.5, 0.6) is 5.75 Å². The van der Waals surface area contributed by atoms with E-state index in [-0.39, 0.29) is 0 Å². The van der Waals surface area contributed by atoms with E-state index in [4.69, 9.17) is 4.74 Å². The Morgan fingerprint density at radius 1 is 0.950 bits per heavy atom. The summed E-state index contributed by atoms with van der Waals surface area (Å²) in [6, 6.07) is 18.1. The second kappa shape index (κ2) is 8.26. The van der Waals surface area contributed by atoms with Crippen molar-refractivity contribution in [2.24, 2.45) is 4.99 Å². The number of thiocarbonyl (C=S) groups is 1. The summed E-state index contributed by atoms with van der Waals surface area (Å²) in [6.45, 7) is 0.739. The molecule has 2 aromatic rings. The zero-order valence-electron chi connectivity index (χ0n) is 11.3. The number of rotatable bonds is 7. The van der Waals surface area contributed by atoms with Crippen LogP contribution < -0.4 is 4.74 Å². The fourth-order valence-corrected chi connectivity index (χ4v) is 2.04. The lowest BCUT2D eigenvalue weighted by molar-refractivity contribution is 0.307. The van der Waals surface area contributed by atoms with E-state index in [9.17, 15) is 0 Å². The minimum Gasteiger partial charge on any atom is -0.494 e. The smallest absolute Gasteiger partial charge is 0.119 e. The highest BCUT2D eigenvalue weighted by atomic mass is 32.1. The summed E-state index contributed by atoms with van der Waals surface area (Å²) < 4.78 is 5.69. The summed E-state index contributed by atoms with van der Waals surface area (Å²) in [5.74, 6) is 0.869. The monoisotopic (exact) mass is 283 g/mol. The van der Waals surface area contributed by atoms with Gasteiger partial charge in [-0.05, 0) is 61.3 Å². The molecular weight excluding hydrogens is 266 g/mol. The Hall–Kier alpha value is -1.96. The zero-order valence-corrected chi connectivity index (χ0v) is 12.1. The van der Waals surface area contributed by atoms with E-state index in [2.05, 4.69) is 46.6 Å². The largest absolute Gasteiger partial charge is 0.494 e. The average molecular weight is 283 g/mol. The van der Waals surface area contributed by atoms with Crippen LogP contribution in [0.3, 0.4) is 0 Å². The molecule has 20 heavy (non-hydrogen) atoms. The van der Waals surface area contributed by atoms with Gasteiger partial charge in [-0.3, -0.25) is 0 Å². The number of nitrogens with zero attached hydrogens (tertiary/aromatic N) is 1. The van der Waals surface area contributed by atoms with E-state index in [1.165, 1.54) is 5.56 Å². The van der Waals surface area contributed by atoms with Crippen LogP contribution in [0.4, 0.5) is 5.69 Å². The van der Waals surface area contributed by atoms with Crippen molar-refractivity contribution in [3.8, 4) is 5.75 Å². The highest BCUT2D eigenvalue weighted by Gasteiger charge is 1.96. The second-order valence-corrected chi connectivity index (χ2v) is 4.67. The first-order valence-electron chi connectivity index (χ1n) is 6.73. The fourth-order valence-electron chi connectivity index (χ4n) is 1.94. The van der Waals surface area contributed by atoms with Crippen LogP contribution in [-0.2, 0) is 6.42 Å². The van der Waals surface area contributed by atoms with Crippen LogP contribution in [0.2, 0.25) is 0 Å². The zero-order chi connectivity index (χ0) is 14.0. The minimum absolute atomic E-state index is 0.739. The van der Waals surface area contributed by atoms with Crippen LogP contribution in [0, 0.1) is 0 Å². The SMILES string of the molecule is S=C=Nc1ccc(OCCCCc2ccccc2)cc1. The van der Waals surface area contributed by atoms with Crippen LogP contribution in [0.1, 0.15) is 18.4 Å². The molecule has 2 aromatic carbocycles. The number of benzene rings is 2. The van der Waals surface area contributed by atoms with Crippen molar-refractivity contribution in [2.75, 3.05) is 6.61 Å². The van der Waals surface area contributed by atoms with Crippen molar-refractivity contribution in [1.29, 1.82) is 0 Å². The summed E-state index contributed by atoms with van der Waals surface area (Å²) in [5, 5.41) is 2.35. The number of aliphatic imine (C=N–C) groups is 1. The highest BCUT2D eigenvalue weighted by molar-refractivity contribution is 7.78. The summed E-state index contributed by atoms with van der Waals surface area (Å²) in [6.07, 6.45) is 3.29. The van der Waals surface area contributed by atoms with E-state index in [1.807, 2.05) is 30.3 Å². The molecule has 0 bridgehead atoms. The molecule has 0 N–H and O–H groups in total. The molecule has 0 aliphatic heterocycles. The van der Waals surface area contributed by atoms with Crippen molar-refractivity contribution >= 4 is 23.1 Å². The Morgan fingerprint density at radius 2 is 1.70 bits per heavy atom. The highest BCUT2D eigenvalue weighted by Crippen LogP contribution is 2.17. The molecule has 0 aliphatic carbocycles. The number of isothiocyanates is 1. The van der Waals surface area contributed by atoms with Gasteiger partial charge in [-0.15, -0.1) is 0 Å². The van der Waals surface area contributed by atoms with Crippen LogP contribution in [-0.4, -0.2) is 11.8 Å². The molecule has 3 heteroatoms. The summed E-state index contributed by atoms with van der Waals surface area (Å²) in [4.78, 5) is 3.90. The fraction of sp³-hybridized carbons (Fsp3) is 0.235. The molecule has 0 amide bonds. The van der Waals surface area contributed by atoms with Gasteiger partial charge in [-0.25, -0.2) is 0 Å². The van der Waals surface area contributed by atoms with Gasteiger partial charge in [0.05, 0.1) is 17.5 Å². The maximum atomic E-state index is 5.69. The van der Waals surface area contributed by atoms with Crippen molar-refractivity contribution < 1.29 is 4.74 Å². The number of unbranched alkanes of at least 4 members (excludes halogenated alkanes) is 1. The predicted octanol–water partition coefficient (Wildman–Crippen LogP) is 4.82. The van der Waals surface area contributed by atoms with Crippen molar-refractivity contribution in [1.82, 2.24) is 0 Å². The molecule has 0 heterocycles. The first kappa shape index (κ1) is 14.4. The van der Waals surface area contributed by atoms with Gasteiger partial charge in [0.1, 0.15) is 5.75 Å². The van der Waals surface area contributed by atoms with E-state index < -0.39 is 0 Å². The van der Waals surface area contributed by atoms with Gasteiger partial charge in [-0.1, -0.05) is 30.3 Å². The molecule has 2 rings (SSSR count). The maximum absolute atomic E-state index is 5.69. The Balaban J connectivity index is 1.67. The molecule has 0 saturated heterocycles. The van der Waals surface area contributed by atoms with Gasteiger partial charge in [0.25, 0.3) is 0 Å². The van der Waals surface area contributed by atoms with Gasteiger partial charge in [-0.2, -0.15) is 4.99 Å². The molecule has 0 atom stereocenters.